The van der Waals surface area contributed by atoms with Gasteiger partial charge >= 0.3 is 6.18 Å². The van der Waals surface area contributed by atoms with Gasteiger partial charge in [0.1, 0.15) is 25.1 Å². The van der Waals surface area contributed by atoms with E-state index in [0.29, 0.717) is 36.6 Å². The van der Waals surface area contributed by atoms with Crippen LogP contribution in [0.25, 0.3) is 0 Å². The van der Waals surface area contributed by atoms with Gasteiger partial charge in [-0.1, -0.05) is 0 Å². The van der Waals surface area contributed by atoms with Crippen LogP contribution in [0, 0.1) is 11.3 Å². The lowest BCUT2D eigenvalue weighted by Crippen LogP contribution is -2.42. The van der Waals surface area contributed by atoms with Crippen LogP contribution in [0.4, 0.5) is 13.2 Å². The molecule has 0 saturated carbocycles. The van der Waals surface area contributed by atoms with Gasteiger partial charge in [0.25, 0.3) is 5.91 Å². The Bertz CT molecular complexity index is 1010. The van der Waals surface area contributed by atoms with Gasteiger partial charge in [0.2, 0.25) is 5.88 Å². The summed E-state index contributed by atoms with van der Waals surface area (Å²) in [5.41, 5.74) is 1.50. The SMILES string of the molecule is N#Cc1ccc2c(c1)CC(NC(=O)c1cc3n(n1)CCC(COCC(F)(F)F)O3)CO2. The zero-order chi connectivity index (χ0) is 22.0. The number of nitriles is 1. The molecule has 11 heteroatoms. The van der Waals surface area contributed by atoms with Crippen molar-refractivity contribution < 1.29 is 32.2 Å². The van der Waals surface area contributed by atoms with Crippen LogP contribution in [0.15, 0.2) is 24.3 Å². The first kappa shape index (κ1) is 21.0. The molecule has 0 fully saturated rings. The van der Waals surface area contributed by atoms with E-state index in [1.807, 2.05) is 0 Å². The Balaban J connectivity index is 1.34. The van der Waals surface area contributed by atoms with Crippen molar-refractivity contribution in [2.24, 2.45) is 0 Å². The normalized spacial score (nSPS) is 19.9. The van der Waals surface area contributed by atoms with E-state index < -0.39 is 24.8 Å². The van der Waals surface area contributed by atoms with Gasteiger partial charge < -0.3 is 19.5 Å². The first-order valence-corrected chi connectivity index (χ1v) is 9.66. The van der Waals surface area contributed by atoms with Crippen LogP contribution < -0.4 is 14.8 Å². The molecule has 31 heavy (non-hydrogen) atoms. The number of ether oxygens (including phenoxy) is 3. The van der Waals surface area contributed by atoms with Crippen LogP contribution >= 0.6 is 0 Å². The standard InChI is InChI=1S/C20H19F3N4O4/c21-20(22,23)11-29-10-15-3-4-27-18(31-15)7-16(26-27)19(28)25-14-6-13-5-12(8-24)1-2-17(13)30-9-14/h1-2,5,7,14-15H,3-4,6,9-11H2,(H,25,28). The highest BCUT2D eigenvalue weighted by molar-refractivity contribution is 5.92. The second-order valence-electron chi connectivity index (χ2n) is 7.37. The molecule has 2 aliphatic heterocycles. The van der Waals surface area contributed by atoms with E-state index in [-0.39, 0.29) is 24.9 Å². The zero-order valence-electron chi connectivity index (χ0n) is 16.3. The molecule has 0 saturated heterocycles. The van der Waals surface area contributed by atoms with Crippen LogP contribution in [0.3, 0.4) is 0 Å². The molecule has 8 nitrogen and oxygen atoms in total. The van der Waals surface area contributed by atoms with E-state index in [2.05, 4.69) is 21.2 Å². The number of benzene rings is 1. The Kier molecular flexibility index (Phi) is 5.73. The van der Waals surface area contributed by atoms with Gasteiger partial charge in [-0.25, -0.2) is 4.68 Å². The van der Waals surface area contributed by atoms with E-state index in [0.717, 1.165) is 5.56 Å². The molecule has 1 aromatic heterocycles. The van der Waals surface area contributed by atoms with Gasteiger partial charge in [-0.05, 0) is 30.2 Å². The number of carbonyl (C=O) groups is 1. The van der Waals surface area contributed by atoms with Crippen molar-refractivity contribution in [3.05, 3.63) is 41.1 Å². The van der Waals surface area contributed by atoms with Crippen LogP contribution in [-0.4, -0.2) is 53.8 Å². The summed E-state index contributed by atoms with van der Waals surface area (Å²) in [5, 5.41) is 16.1. The molecule has 2 aromatic rings. The van der Waals surface area contributed by atoms with E-state index >= 15 is 0 Å². The average molecular weight is 436 g/mol. The predicted molar refractivity (Wildman–Crippen MR) is 99.7 cm³/mol. The van der Waals surface area contributed by atoms with Gasteiger partial charge in [-0.15, -0.1) is 0 Å². The predicted octanol–water partition coefficient (Wildman–Crippen LogP) is 2.22. The smallest absolute Gasteiger partial charge is 0.411 e. The minimum Gasteiger partial charge on any atom is -0.491 e. The fourth-order valence-electron chi connectivity index (χ4n) is 3.50. The quantitative estimate of drug-likeness (QED) is 0.772. The average Bonchev–Trinajstić information content (AvgIpc) is 3.16. The van der Waals surface area contributed by atoms with Crippen molar-refractivity contribution in [3.63, 3.8) is 0 Å². The van der Waals surface area contributed by atoms with Crippen LogP contribution in [-0.2, 0) is 17.7 Å². The molecule has 4 rings (SSSR count). The first-order valence-electron chi connectivity index (χ1n) is 9.66. The number of aromatic nitrogens is 2. The summed E-state index contributed by atoms with van der Waals surface area (Å²) in [6.07, 6.45) is -4.00. The molecule has 0 spiro atoms. The topological polar surface area (TPSA) is 98.4 Å². The molecule has 164 valence electrons. The van der Waals surface area contributed by atoms with E-state index in [9.17, 15) is 18.0 Å². The summed E-state index contributed by atoms with van der Waals surface area (Å²) in [4.78, 5) is 12.6. The van der Waals surface area contributed by atoms with Crippen molar-refractivity contribution >= 4 is 5.91 Å². The number of fused-ring (bicyclic) bond motifs is 2. The van der Waals surface area contributed by atoms with Crippen molar-refractivity contribution in [3.8, 4) is 17.7 Å². The summed E-state index contributed by atoms with van der Waals surface area (Å²) in [6.45, 7) is -0.842. The van der Waals surface area contributed by atoms with Crippen LogP contribution in [0.2, 0.25) is 0 Å². The maximum absolute atomic E-state index is 12.6. The van der Waals surface area contributed by atoms with Gasteiger partial charge in [0.15, 0.2) is 5.69 Å². The lowest BCUT2D eigenvalue weighted by molar-refractivity contribution is -0.179. The number of hydrogen-bond acceptors (Lipinski definition) is 6. The number of nitrogens with zero attached hydrogens (tertiary/aromatic N) is 3. The number of aryl methyl sites for hydroxylation is 1. The van der Waals surface area contributed by atoms with Crippen molar-refractivity contribution in [1.82, 2.24) is 15.1 Å². The highest BCUT2D eigenvalue weighted by atomic mass is 19.4. The second kappa shape index (κ2) is 8.47. The fourth-order valence-corrected chi connectivity index (χ4v) is 3.50. The molecular weight excluding hydrogens is 417 g/mol. The monoisotopic (exact) mass is 436 g/mol. The molecule has 2 atom stereocenters. The minimum absolute atomic E-state index is 0.142. The molecule has 1 amide bonds. The molecule has 1 aromatic carbocycles. The molecule has 0 bridgehead atoms. The number of hydrogen-bond donors (Lipinski definition) is 1. The highest BCUT2D eigenvalue weighted by Crippen LogP contribution is 2.26. The molecule has 0 radical (unpaired) electrons. The molecular formula is C20H19F3N4O4. The summed E-state index contributed by atoms with van der Waals surface area (Å²) in [6, 6.07) is 8.38. The number of rotatable bonds is 5. The minimum atomic E-state index is -4.39. The van der Waals surface area contributed by atoms with E-state index in [4.69, 9.17) is 14.7 Å². The maximum Gasteiger partial charge on any atom is 0.411 e. The van der Waals surface area contributed by atoms with Crippen molar-refractivity contribution in [2.45, 2.75) is 37.7 Å². The maximum atomic E-state index is 12.6. The highest BCUT2D eigenvalue weighted by Gasteiger charge is 2.30. The summed E-state index contributed by atoms with van der Waals surface area (Å²) < 4.78 is 54.1. The largest absolute Gasteiger partial charge is 0.491 e. The Morgan fingerprint density at radius 2 is 2.23 bits per heavy atom. The molecule has 3 heterocycles. The third kappa shape index (κ3) is 5.08. The molecule has 2 unspecified atom stereocenters. The third-order valence-electron chi connectivity index (χ3n) is 4.93. The Labute approximate surface area is 175 Å². The zero-order valence-corrected chi connectivity index (χ0v) is 16.3. The van der Waals surface area contributed by atoms with E-state index in [1.165, 1.54) is 10.7 Å². The summed E-state index contributed by atoms with van der Waals surface area (Å²) >= 11 is 0. The third-order valence-corrected chi connectivity index (χ3v) is 4.93. The van der Waals surface area contributed by atoms with Crippen LogP contribution in [0.5, 0.6) is 11.6 Å². The molecule has 1 N–H and O–H groups in total. The van der Waals surface area contributed by atoms with Crippen molar-refractivity contribution in [2.75, 3.05) is 19.8 Å². The fraction of sp³-hybridized carbons (Fsp3) is 0.450. The van der Waals surface area contributed by atoms with Crippen molar-refractivity contribution in [1.29, 1.82) is 5.26 Å². The lowest BCUT2D eigenvalue weighted by atomic mass is 10.0. The van der Waals surface area contributed by atoms with E-state index in [1.54, 1.807) is 18.2 Å². The Morgan fingerprint density at radius 3 is 3.00 bits per heavy atom. The number of nitrogens with one attached hydrogen (secondary N) is 1. The second-order valence-corrected chi connectivity index (χ2v) is 7.37. The molecule has 2 aliphatic rings. The number of alkyl halides is 3. The number of amides is 1. The summed E-state index contributed by atoms with van der Waals surface area (Å²) in [5.74, 6) is 0.582. The van der Waals surface area contributed by atoms with Crippen LogP contribution in [0.1, 0.15) is 28.0 Å². The Morgan fingerprint density at radius 1 is 1.39 bits per heavy atom. The summed E-state index contributed by atoms with van der Waals surface area (Å²) in [7, 11) is 0. The van der Waals surface area contributed by atoms with Gasteiger partial charge in [0.05, 0.1) is 24.3 Å². The van der Waals surface area contributed by atoms with Gasteiger partial charge in [-0.3, -0.25) is 4.79 Å². The number of carbonyl (C=O) groups excluding carboxylic acids is 1. The molecule has 0 aliphatic carbocycles. The Hall–Kier alpha value is -3.26. The van der Waals surface area contributed by atoms with Gasteiger partial charge in [-0.2, -0.15) is 23.5 Å². The number of halogens is 3. The lowest BCUT2D eigenvalue weighted by Gasteiger charge is -2.25. The van der Waals surface area contributed by atoms with Gasteiger partial charge in [0, 0.05) is 19.0 Å². The first-order chi connectivity index (χ1) is 14.8.